The second-order valence-electron chi connectivity index (χ2n) is 14.5. The van der Waals surface area contributed by atoms with E-state index < -0.39 is 0 Å². The molecule has 8 aromatic rings. The van der Waals surface area contributed by atoms with Gasteiger partial charge in [0.2, 0.25) is 0 Å². The van der Waals surface area contributed by atoms with E-state index in [2.05, 4.69) is 146 Å². The number of fused-ring (bicyclic) bond motifs is 5. The van der Waals surface area contributed by atoms with Crippen LogP contribution in [0.4, 0.5) is 0 Å². The van der Waals surface area contributed by atoms with Crippen molar-refractivity contribution in [1.82, 2.24) is 9.97 Å². The molecule has 0 aliphatic heterocycles. The SMILES string of the molecule is Cc1c[c-]c(-c2cc(C)c(C)cn2)cc1.Cc1cc2ccc3c4cc[c-]c(-c5cc(C(C)(C)C)c(-c6c(C)cccc6C)cn5)c4oc3c2s1.[Ir]. The Morgan fingerprint density at radius 2 is 1.41 bits per heavy atom. The van der Waals surface area contributed by atoms with Gasteiger partial charge in [0.05, 0.1) is 10.3 Å². The molecule has 0 bridgehead atoms. The number of pyridine rings is 2. The van der Waals surface area contributed by atoms with Gasteiger partial charge < -0.3 is 14.4 Å². The number of aryl methyl sites for hydroxylation is 6. The Bertz CT molecular complexity index is 2510. The summed E-state index contributed by atoms with van der Waals surface area (Å²) in [6.45, 7) is 19.6. The van der Waals surface area contributed by atoms with E-state index in [1.165, 1.54) is 59.5 Å². The maximum atomic E-state index is 6.58. The molecule has 0 atom stereocenters. The number of hydrogen-bond acceptors (Lipinski definition) is 4. The molecule has 4 heterocycles. The Morgan fingerprint density at radius 1 is 0.686 bits per heavy atom. The van der Waals surface area contributed by atoms with Crippen molar-refractivity contribution < 1.29 is 24.5 Å². The number of nitrogens with zero attached hydrogens (tertiary/aromatic N) is 2. The predicted octanol–water partition coefficient (Wildman–Crippen LogP) is 13.0. The minimum absolute atomic E-state index is 0. The summed E-state index contributed by atoms with van der Waals surface area (Å²) in [5.74, 6) is 0. The molecule has 3 nitrogen and oxygen atoms in total. The molecular formula is C46H42IrN2OS-2. The van der Waals surface area contributed by atoms with Gasteiger partial charge in [-0.1, -0.05) is 86.7 Å². The van der Waals surface area contributed by atoms with Gasteiger partial charge in [0.1, 0.15) is 5.58 Å². The summed E-state index contributed by atoms with van der Waals surface area (Å²) in [4.78, 5) is 10.7. The Hall–Kier alpha value is -4.41. The van der Waals surface area contributed by atoms with Crippen LogP contribution >= 0.6 is 11.3 Å². The van der Waals surface area contributed by atoms with Crippen molar-refractivity contribution in [3.8, 4) is 33.6 Å². The summed E-state index contributed by atoms with van der Waals surface area (Å²) < 4.78 is 7.79. The van der Waals surface area contributed by atoms with E-state index in [4.69, 9.17) is 9.40 Å². The molecule has 0 N–H and O–H groups in total. The fourth-order valence-electron chi connectivity index (χ4n) is 6.70. The van der Waals surface area contributed by atoms with Crippen LogP contribution in [0.5, 0.6) is 0 Å². The first-order valence-electron chi connectivity index (χ1n) is 17.1. The smallest absolute Gasteiger partial charge is 0.138 e. The third-order valence-corrected chi connectivity index (χ3v) is 10.6. The van der Waals surface area contributed by atoms with E-state index in [-0.39, 0.29) is 25.5 Å². The van der Waals surface area contributed by atoms with Crippen molar-refractivity contribution in [3.63, 3.8) is 0 Å². The van der Waals surface area contributed by atoms with Crippen LogP contribution in [0, 0.1) is 53.7 Å². The Balaban J connectivity index is 0.000000236. The predicted molar refractivity (Wildman–Crippen MR) is 212 cm³/mol. The minimum atomic E-state index is -0.0514. The summed E-state index contributed by atoms with van der Waals surface area (Å²) in [6, 6.07) is 34.4. The Kier molecular flexibility index (Phi) is 10.2. The van der Waals surface area contributed by atoms with Gasteiger partial charge in [-0.3, -0.25) is 0 Å². The molecule has 0 aliphatic carbocycles. The molecule has 259 valence electrons. The number of thiophene rings is 1. The minimum Gasteiger partial charge on any atom is -0.499 e. The van der Waals surface area contributed by atoms with Gasteiger partial charge in [-0.05, 0) is 90.7 Å². The Morgan fingerprint density at radius 3 is 2.10 bits per heavy atom. The first-order valence-corrected chi connectivity index (χ1v) is 18.0. The Labute approximate surface area is 319 Å². The third-order valence-electron chi connectivity index (χ3n) is 9.54. The van der Waals surface area contributed by atoms with Crippen molar-refractivity contribution in [1.29, 1.82) is 0 Å². The summed E-state index contributed by atoms with van der Waals surface area (Å²) >= 11 is 1.79. The van der Waals surface area contributed by atoms with Gasteiger partial charge in [-0.25, -0.2) is 0 Å². The van der Waals surface area contributed by atoms with Gasteiger partial charge in [0, 0.05) is 48.3 Å². The molecule has 0 amide bonds. The number of furan rings is 1. The molecule has 4 aromatic carbocycles. The van der Waals surface area contributed by atoms with Crippen molar-refractivity contribution in [2.45, 2.75) is 67.7 Å². The van der Waals surface area contributed by atoms with Crippen LogP contribution in [0.3, 0.4) is 0 Å². The number of hydrogen-bond donors (Lipinski definition) is 0. The molecule has 0 spiro atoms. The zero-order valence-corrected chi connectivity index (χ0v) is 33.9. The van der Waals surface area contributed by atoms with Gasteiger partial charge in [0.15, 0.2) is 0 Å². The van der Waals surface area contributed by atoms with Gasteiger partial charge >= 0.3 is 0 Å². The van der Waals surface area contributed by atoms with Crippen LogP contribution < -0.4 is 0 Å². The summed E-state index contributed by atoms with van der Waals surface area (Å²) in [5.41, 5.74) is 15.6. The zero-order chi connectivity index (χ0) is 35.3. The molecule has 0 saturated heterocycles. The fraction of sp³-hybridized carbons (Fsp3) is 0.217. The number of benzene rings is 4. The monoisotopic (exact) mass is 863 g/mol. The fourth-order valence-corrected chi connectivity index (χ4v) is 7.70. The van der Waals surface area contributed by atoms with Gasteiger partial charge in [-0.15, -0.1) is 64.9 Å². The maximum Gasteiger partial charge on any atom is 0.138 e. The second-order valence-corrected chi connectivity index (χ2v) is 15.7. The quantitative estimate of drug-likeness (QED) is 0.166. The summed E-state index contributed by atoms with van der Waals surface area (Å²) in [7, 11) is 0. The molecule has 0 unspecified atom stereocenters. The van der Waals surface area contributed by atoms with Crippen molar-refractivity contribution >= 4 is 43.4 Å². The molecule has 51 heavy (non-hydrogen) atoms. The average Bonchev–Trinajstić information content (AvgIpc) is 3.66. The molecule has 0 saturated carbocycles. The van der Waals surface area contributed by atoms with Crippen molar-refractivity contribution in [3.05, 3.63) is 142 Å². The maximum absolute atomic E-state index is 6.58. The first-order chi connectivity index (χ1) is 23.9. The van der Waals surface area contributed by atoms with E-state index in [0.717, 1.165) is 44.5 Å². The summed E-state index contributed by atoms with van der Waals surface area (Å²) in [5, 5.41) is 3.49. The van der Waals surface area contributed by atoms with Crippen LogP contribution in [0.1, 0.15) is 59.0 Å². The molecular weight excluding hydrogens is 821 g/mol. The molecule has 0 aliphatic rings. The first kappa shape index (κ1) is 36.4. The van der Waals surface area contributed by atoms with Gasteiger partial charge in [-0.2, -0.15) is 0 Å². The second kappa shape index (κ2) is 14.3. The van der Waals surface area contributed by atoms with E-state index >= 15 is 0 Å². The standard InChI is InChI=1S/C32H28NOS.C14H14N.Ir/c1-18-9-7-10-19(2)28(18)25-17-33-27(16-26(25)32(4,5)6)24-12-8-11-22-23-14-13-21-15-20(3)35-31(21)30(23)34-29(22)24;1-10-4-6-13(7-5-10)14-8-11(2)12(3)9-15-14;/h7-11,13-17H,1-6H3;4-6,8-9H,1-3H3;/q2*-1;. The topological polar surface area (TPSA) is 38.9 Å². The molecule has 4 aromatic heterocycles. The summed E-state index contributed by atoms with van der Waals surface area (Å²) in [6.07, 6.45) is 3.96. The van der Waals surface area contributed by atoms with E-state index in [0.29, 0.717) is 0 Å². The molecule has 1 radical (unpaired) electrons. The van der Waals surface area contributed by atoms with Crippen molar-refractivity contribution in [2.24, 2.45) is 0 Å². The van der Waals surface area contributed by atoms with E-state index in [9.17, 15) is 0 Å². The van der Waals surface area contributed by atoms with Crippen LogP contribution in [0.2, 0.25) is 0 Å². The van der Waals surface area contributed by atoms with Crippen LogP contribution in [-0.4, -0.2) is 9.97 Å². The van der Waals surface area contributed by atoms with E-state index in [1.807, 2.05) is 24.5 Å². The number of aromatic nitrogens is 2. The van der Waals surface area contributed by atoms with E-state index in [1.54, 1.807) is 11.3 Å². The number of rotatable bonds is 3. The van der Waals surface area contributed by atoms with Crippen LogP contribution in [0.15, 0.2) is 95.7 Å². The zero-order valence-electron chi connectivity index (χ0n) is 30.7. The van der Waals surface area contributed by atoms with Crippen LogP contribution in [-0.2, 0) is 25.5 Å². The van der Waals surface area contributed by atoms with Crippen LogP contribution in [0.25, 0.3) is 65.7 Å². The molecule has 0 fully saturated rings. The third kappa shape index (κ3) is 7.08. The average molecular weight is 863 g/mol. The molecule has 8 rings (SSSR count). The van der Waals surface area contributed by atoms with Gasteiger partial charge in [0.25, 0.3) is 0 Å². The molecule has 5 heteroatoms. The normalized spacial score (nSPS) is 11.5. The largest absolute Gasteiger partial charge is 0.499 e. The van der Waals surface area contributed by atoms with Crippen molar-refractivity contribution in [2.75, 3.05) is 0 Å².